The van der Waals surface area contributed by atoms with Gasteiger partial charge in [0, 0.05) is 61.9 Å². The molecule has 2 bridgehead atoms. The minimum Gasteiger partial charge on any atom is -0.384 e. The summed E-state index contributed by atoms with van der Waals surface area (Å²) in [6, 6.07) is 14.0. The molecule has 3 atom stereocenters. The van der Waals surface area contributed by atoms with Crippen LogP contribution < -0.4 is 16.4 Å². The summed E-state index contributed by atoms with van der Waals surface area (Å²) in [5.41, 5.74) is 6.35. The van der Waals surface area contributed by atoms with E-state index in [9.17, 15) is 28.3 Å². The number of nitrogens with one attached hydrogen (secondary N) is 2. The van der Waals surface area contributed by atoms with E-state index in [0.29, 0.717) is 29.8 Å². The van der Waals surface area contributed by atoms with Crippen molar-refractivity contribution in [2.45, 2.75) is 12.1 Å². The number of carbonyl (C=O) groups is 1. The summed E-state index contributed by atoms with van der Waals surface area (Å²) in [7, 11) is 0. The van der Waals surface area contributed by atoms with Crippen LogP contribution in [-0.4, -0.2) is 42.2 Å². The van der Waals surface area contributed by atoms with Gasteiger partial charge in [-0.2, -0.15) is 5.26 Å². The molecule has 5 N–H and O–H groups in total. The lowest BCUT2D eigenvalue weighted by molar-refractivity contribution is -0.129. The van der Waals surface area contributed by atoms with Crippen LogP contribution in [0.3, 0.4) is 0 Å². The van der Waals surface area contributed by atoms with Gasteiger partial charge in [0.1, 0.15) is 23.1 Å². The van der Waals surface area contributed by atoms with Crippen LogP contribution in [0.15, 0.2) is 54.6 Å². The third-order valence-corrected chi connectivity index (χ3v) is 7.45. The van der Waals surface area contributed by atoms with Crippen LogP contribution in [0.2, 0.25) is 0 Å². The second kappa shape index (κ2) is 10.1. The molecule has 3 aromatic rings. The zero-order chi connectivity index (χ0) is 27.0. The van der Waals surface area contributed by atoms with Gasteiger partial charge in [0.2, 0.25) is 0 Å². The van der Waals surface area contributed by atoms with Crippen molar-refractivity contribution in [2.75, 3.05) is 31.5 Å². The average molecular weight is 522 g/mol. The zero-order valence-corrected chi connectivity index (χ0v) is 20.3. The van der Waals surface area contributed by atoms with Gasteiger partial charge < -0.3 is 26.4 Å². The van der Waals surface area contributed by atoms with Crippen molar-refractivity contribution >= 4 is 11.7 Å². The van der Waals surface area contributed by atoms with Crippen molar-refractivity contribution in [3.05, 3.63) is 88.7 Å². The Balaban J connectivity index is 1.38. The Morgan fingerprint density at radius 3 is 2.29 bits per heavy atom. The van der Waals surface area contributed by atoms with Gasteiger partial charge in [-0.1, -0.05) is 24.3 Å². The van der Waals surface area contributed by atoms with Gasteiger partial charge in [0.15, 0.2) is 0 Å². The molecule has 0 saturated carbocycles. The number of nitrogens with zero attached hydrogens (tertiary/aromatic N) is 2. The Morgan fingerprint density at radius 2 is 1.71 bits per heavy atom. The summed E-state index contributed by atoms with van der Waals surface area (Å²) >= 11 is 0. The van der Waals surface area contributed by atoms with Crippen molar-refractivity contribution in [2.24, 2.45) is 17.6 Å². The predicted molar refractivity (Wildman–Crippen MR) is 135 cm³/mol. The smallest absolute Gasteiger partial charge is 0.321 e. The van der Waals surface area contributed by atoms with Gasteiger partial charge in [-0.3, -0.25) is 0 Å². The number of hydrogen-bond acceptors (Lipinski definition) is 5. The topological polar surface area (TPSA) is 114 Å². The van der Waals surface area contributed by atoms with Crippen LogP contribution in [0.25, 0.3) is 11.1 Å². The van der Waals surface area contributed by atoms with Gasteiger partial charge in [0.25, 0.3) is 0 Å². The number of halogens is 3. The number of benzene rings is 3. The third kappa shape index (κ3) is 4.60. The van der Waals surface area contributed by atoms with Gasteiger partial charge in [-0.15, -0.1) is 0 Å². The number of hydrogen-bond donors (Lipinski definition) is 4. The van der Waals surface area contributed by atoms with Crippen LogP contribution >= 0.6 is 0 Å². The summed E-state index contributed by atoms with van der Waals surface area (Å²) in [6.45, 7) is 1.42. The van der Waals surface area contributed by atoms with E-state index in [-0.39, 0.29) is 48.3 Å². The monoisotopic (exact) mass is 521 g/mol. The van der Waals surface area contributed by atoms with Crippen molar-refractivity contribution in [1.82, 2.24) is 10.2 Å². The Bertz CT molecular complexity index is 1390. The first-order chi connectivity index (χ1) is 18.2. The number of carbonyl (C=O) groups excluding carboxylic acids is 1. The third-order valence-electron chi connectivity index (χ3n) is 7.45. The molecule has 3 aromatic carbocycles. The number of likely N-dealkylation sites (tertiary alicyclic amines) is 1. The molecule has 2 amide bonds. The molecule has 5 rings (SSSR count). The van der Waals surface area contributed by atoms with E-state index in [1.165, 1.54) is 11.0 Å². The first-order valence-electron chi connectivity index (χ1n) is 12.2. The summed E-state index contributed by atoms with van der Waals surface area (Å²) in [5.74, 6) is -2.88. The fourth-order valence-electron chi connectivity index (χ4n) is 5.62. The van der Waals surface area contributed by atoms with Crippen LogP contribution in [0.4, 0.5) is 23.7 Å². The molecule has 2 aliphatic rings. The Morgan fingerprint density at radius 1 is 1.08 bits per heavy atom. The number of amides is 2. The van der Waals surface area contributed by atoms with E-state index in [4.69, 9.17) is 5.73 Å². The molecule has 7 nitrogen and oxygen atoms in total. The predicted octanol–water partition coefficient (Wildman–Crippen LogP) is 3.67. The zero-order valence-electron chi connectivity index (χ0n) is 20.3. The largest absolute Gasteiger partial charge is 0.384 e. The maximum Gasteiger partial charge on any atom is 0.321 e. The average Bonchev–Trinajstić information content (AvgIpc) is 2.87. The second-order valence-corrected chi connectivity index (χ2v) is 9.76. The first kappa shape index (κ1) is 25.7. The maximum atomic E-state index is 14.9. The highest BCUT2D eigenvalue weighted by atomic mass is 19.1. The number of rotatable bonds is 4. The molecule has 2 fully saturated rings. The highest BCUT2D eigenvalue weighted by Crippen LogP contribution is 2.44. The van der Waals surface area contributed by atoms with Gasteiger partial charge in [-0.25, -0.2) is 18.0 Å². The van der Waals surface area contributed by atoms with Crippen LogP contribution in [-0.2, 0) is 12.1 Å². The standard InChI is InChI=1S/C28H26F3N5O2/c29-22-7-23(30)9-24(8-22)35-27(37)36-14-20-12-34-13-21(15-36)28(20,38)19-3-1-17(2-4-19)26-18(11-33)5-16(10-32)6-25(26)31/h1-9,20-21,34,38H,10,12-15,32H2,(H,35,37)/t20-,21+,28-. The van der Waals surface area contributed by atoms with Crippen molar-refractivity contribution in [3.8, 4) is 17.2 Å². The number of urea groups is 1. The Kier molecular flexibility index (Phi) is 6.84. The van der Waals surface area contributed by atoms with E-state index >= 15 is 0 Å². The first-order valence-corrected chi connectivity index (χ1v) is 12.2. The van der Waals surface area contributed by atoms with Crippen molar-refractivity contribution in [3.63, 3.8) is 0 Å². The second-order valence-electron chi connectivity index (χ2n) is 9.76. The Hall–Kier alpha value is -3.91. The quantitative estimate of drug-likeness (QED) is 0.418. The molecule has 2 saturated heterocycles. The number of anilines is 1. The number of nitriles is 1. The molecule has 0 unspecified atom stereocenters. The number of nitrogens with two attached hydrogens (primary N) is 1. The lowest BCUT2D eigenvalue weighted by Crippen LogP contribution is -2.65. The lowest BCUT2D eigenvalue weighted by atomic mass is 9.67. The summed E-state index contributed by atoms with van der Waals surface area (Å²) < 4.78 is 41.9. The summed E-state index contributed by atoms with van der Waals surface area (Å²) in [4.78, 5) is 14.4. The van der Waals surface area contributed by atoms with Gasteiger partial charge in [0.05, 0.1) is 11.6 Å². The van der Waals surface area contributed by atoms with Crippen LogP contribution in [0.1, 0.15) is 16.7 Å². The minimum absolute atomic E-state index is 0.00988. The van der Waals surface area contributed by atoms with Gasteiger partial charge in [-0.05, 0) is 41.0 Å². The number of piperidine rings is 2. The van der Waals surface area contributed by atoms with E-state index in [2.05, 4.69) is 10.6 Å². The highest BCUT2D eigenvalue weighted by Gasteiger charge is 2.52. The molecule has 38 heavy (non-hydrogen) atoms. The number of fused-ring (bicyclic) bond motifs is 2. The maximum absolute atomic E-state index is 14.9. The fraction of sp³-hybridized carbons (Fsp3) is 0.286. The summed E-state index contributed by atoms with van der Waals surface area (Å²) in [5, 5.41) is 27.3. The molecule has 0 radical (unpaired) electrons. The van der Waals surface area contributed by atoms with Crippen LogP contribution in [0, 0.1) is 40.6 Å². The normalized spacial score (nSPS) is 22.6. The Labute approximate surface area is 217 Å². The summed E-state index contributed by atoms with van der Waals surface area (Å²) in [6.07, 6.45) is 0. The molecule has 2 aliphatic heterocycles. The van der Waals surface area contributed by atoms with Crippen molar-refractivity contribution < 1.29 is 23.1 Å². The molecule has 196 valence electrons. The molecular formula is C28H26F3N5O2. The molecular weight excluding hydrogens is 495 g/mol. The minimum atomic E-state index is -1.26. The molecule has 0 aromatic heterocycles. The van der Waals surface area contributed by atoms with E-state index in [0.717, 1.165) is 18.2 Å². The molecule has 0 aliphatic carbocycles. The molecule has 10 heteroatoms. The van der Waals surface area contributed by atoms with E-state index in [1.807, 2.05) is 6.07 Å². The van der Waals surface area contributed by atoms with Gasteiger partial charge >= 0.3 is 6.03 Å². The SMILES string of the molecule is N#Cc1cc(CN)cc(F)c1-c1ccc([C@@]2(O)[C@@H]3CNC[C@H]2CN(C(=O)Nc2cc(F)cc(F)c2)C3)cc1. The highest BCUT2D eigenvalue weighted by molar-refractivity contribution is 5.89. The lowest BCUT2D eigenvalue weighted by Gasteiger charge is -2.53. The van der Waals surface area contributed by atoms with E-state index in [1.54, 1.807) is 30.3 Å². The van der Waals surface area contributed by atoms with E-state index < -0.39 is 29.1 Å². The fourth-order valence-corrected chi connectivity index (χ4v) is 5.62. The van der Waals surface area contributed by atoms with Crippen molar-refractivity contribution in [1.29, 1.82) is 5.26 Å². The molecule has 0 spiro atoms. The van der Waals surface area contributed by atoms with Crippen LogP contribution in [0.5, 0.6) is 0 Å². The number of aliphatic hydroxyl groups is 1. The molecule has 2 heterocycles.